The van der Waals surface area contributed by atoms with Crippen LogP contribution in [0.2, 0.25) is 5.02 Å². The van der Waals surface area contributed by atoms with E-state index >= 15 is 0 Å². The van der Waals surface area contributed by atoms with Gasteiger partial charge < -0.3 is 19.9 Å². The molecule has 1 heterocycles. The maximum absolute atomic E-state index is 12.9. The van der Waals surface area contributed by atoms with Crippen molar-refractivity contribution in [2.75, 3.05) is 43.5 Å². The maximum Gasteiger partial charge on any atom is 0.471 e. The Labute approximate surface area is 182 Å². The van der Waals surface area contributed by atoms with Gasteiger partial charge in [-0.3, -0.25) is 9.59 Å². The second-order valence-corrected chi connectivity index (χ2v) is 7.48. The van der Waals surface area contributed by atoms with Gasteiger partial charge in [-0.05, 0) is 36.8 Å². The highest BCUT2D eigenvalue weighted by atomic mass is 35.5. The number of anilines is 2. The number of ether oxygens (including phenoxy) is 1. The molecule has 1 saturated heterocycles. The molecule has 0 atom stereocenters. The summed E-state index contributed by atoms with van der Waals surface area (Å²) >= 11 is 6.11. The number of piperazine rings is 1. The lowest BCUT2D eigenvalue weighted by Gasteiger charge is -2.37. The smallest absolute Gasteiger partial charge is 0.471 e. The van der Waals surface area contributed by atoms with E-state index in [-0.39, 0.29) is 26.2 Å². The fourth-order valence-corrected chi connectivity index (χ4v) is 3.68. The van der Waals surface area contributed by atoms with E-state index in [0.717, 1.165) is 10.5 Å². The van der Waals surface area contributed by atoms with Gasteiger partial charge in [-0.2, -0.15) is 13.2 Å². The lowest BCUT2D eigenvalue weighted by Crippen LogP contribution is -2.52. The monoisotopic (exact) mass is 455 g/mol. The molecule has 0 bridgehead atoms. The number of hydrogen-bond donors (Lipinski definition) is 1. The summed E-state index contributed by atoms with van der Waals surface area (Å²) in [6.07, 6.45) is -4.89. The second-order valence-electron chi connectivity index (χ2n) is 7.05. The molecule has 2 aromatic carbocycles. The lowest BCUT2D eigenvalue weighted by atomic mass is 10.1. The van der Waals surface area contributed by atoms with E-state index in [0.29, 0.717) is 27.7 Å². The van der Waals surface area contributed by atoms with E-state index in [9.17, 15) is 22.8 Å². The van der Waals surface area contributed by atoms with Gasteiger partial charge in [0.15, 0.2) is 0 Å². The molecule has 2 aromatic rings. The molecule has 3 rings (SSSR count). The normalized spacial score (nSPS) is 14.4. The van der Waals surface area contributed by atoms with Gasteiger partial charge in [0.1, 0.15) is 5.75 Å². The van der Waals surface area contributed by atoms with Gasteiger partial charge in [-0.1, -0.05) is 23.7 Å². The minimum Gasteiger partial charge on any atom is -0.496 e. The number of amides is 2. The van der Waals surface area contributed by atoms with Gasteiger partial charge in [0.2, 0.25) is 0 Å². The molecule has 0 aromatic heterocycles. The summed E-state index contributed by atoms with van der Waals surface area (Å²) < 4.78 is 43.4. The van der Waals surface area contributed by atoms with E-state index < -0.39 is 18.0 Å². The number of para-hydroxylation sites is 1. The van der Waals surface area contributed by atoms with Crippen molar-refractivity contribution in [3.8, 4) is 5.75 Å². The van der Waals surface area contributed by atoms with Crippen molar-refractivity contribution in [2.24, 2.45) is 0 Å². The molecule has 0 radical (unpaired) electrons. The first kappa shape index (κ1) is 22.7. The summed E-state index contributed by atoms with van der Waals surface area (Å²) in [6.45, 7) is 2.02. The van der Waals surface area contributed by atoms with E-state index in [4.69, 9.17) is 16.3 Å². The van der Waals surface area contributed by atoms with Crippen LogP contribution in [0.5, 0.6) is 5.75 Å². The van der Waals surface area contributed by atoms with Crippen LogP contribution in [0, 0.1) is 6.92 Å². The minimum atomic E-state index is -4.89. The Morgan fingerprint density at radius 3 is 2.39 bits per heavy atom. The lowest BCUT2D eigenvalue weighted by molar-refractivity contribution is -0.185. The van der Waals surface area contributed by atoms with Crippen LogP contribution >= 0.6 is 11.6 Å². The van der Waals surface area contributed by atoms with Gasteiger partial charge >= 0.3 is 12.1 Å². The zero-order valence-electron chi connectivity index (χ0n) is 16.9. The number of nitrogens with one attached hydrogen (secondary N) is 1. The Morgan fingerprint density at radius 2 is 1.77 bits per heavy atom. The average molecular weight is 456 g/mol. The summed E-state index contributed by atoms with van der Waals surface area (Å²) in [7, 11) is 1.48. The largest absolute Gasteiger partial charge is 0.496 e. The third-order valence-corrected chi connectivity index (χ3v) is 5.25. The van der Waals surface area contributed by atoms with Gasteiger partial charge in [-0.15, -0.1) is 0 Å². The highest BCUT2D eigenvalue weighted by molar-refractivity contribution is 6.31. The standard InChI is InChI=1S/C21H21ClF3N3O3/c1-13-4-3-5-15(18(13)31-2)19(29)26-16-12-14(22)6-7-17(16)27-8-10-28(11-9-27)20(30)21(23,24)25/h3-7,12H,8-11H2,1-2H3,(H,26,29). The van der Waals surface area contributed by atoms with Crippen LogP contribution < -0.4 is 15.0 Å². The molecular formula is C21H21ClF3N3O3. The van der Waals surface area contributed by atoms with Crippen LogP contribution in [0.4, 0.5) is 24.5 Å². The topological polar surface area (TPSA) is 61.9 Å². The summed E-state index contributed by atoms with van der Waals surface area (Å²) in [5.74, 6) is -1.80. The molecule has 166 valence electrons. The molecule has 0 spiro atoms. The summed E-state index contributed by atoms with van der Waals surface area (Å²) in [5, 5.41) is 3.21. The predicted octanol–water partition coefficient (Wildman–Crippen LogP) is 4.12. The van der Waals surface area contributed by atoms with Crippen LogP contribution in [0.25, 0.3) is 0 Å². The number of alkyl halides is 3. The van der Waals surface area contributed by atoms with Crippen molar-refractivity contribution in [3.05, 3.63) is 52.5 Å². The number of hydrogen-bond acceptors (Lipinski definition) is 4. The van der Waals surface area contributed by atoms with Crippen LogP contribution in [0.3, 0.4) is 0 Å². The zero-order chi connectivity index (χ0) is 22.8. The average Bonchev–Trinajstić information content (AvgIpc) is 2.72. The molecule has 10 heteroatoms. The molecule has 31 heavy (non-hydrogen) atoms. The second kappa shape index (κ2) is 9.05. The zero-order valence-corrected chi connectivity index (χ0v) is 17.7. The Kier molecular flexibility index (Phi) is 6.64. The van der Waals surface area contributed by atoms with Gasteiger partial charge in [-0.25, -0.2) is 0 Å². The Balaban J connectivity index is 1.80. The molecule has 1 N–H and O–H groups in total. The Bertz CT molecular complexity index is 990. The number of rotatable bonds is 4. The van der Waals surface area contributed by atoms with Crippen molar-refractivity contribution in [2.45, 2.75) is 13.1 Å². The van der Waals surface area contributed by atoms with Gasteiger partial charge in [0.25, 0.3) is 5.91 Å². The molecule has 2 amide bonds. The fourth-order valence-electron chi connectivity index (χ4n) is 3.51. The van der Waals surface area contributed by atoms with Crippen molar-refractivity contribution in [1.82, 2.24) is 4.90 Å². The van der Waals surface area contributed by atoms with E-state index in [1.54, 1.807) is 35.2 Å². The molecule has 6 nitrogen and oxygen atoms in total. The molecule has 1 aliphatic heterocycles. The van der Waals surface area contributed by atoms with Crippen molar-refractivity contribution in [3.63, 3.8) is 0 Å². The molecule has 1 aliphatic rings. The highest BCUT2D eigenvalue weighted by Gasteiger charge is 2.43. The third-order valence-electron chi connectivity index (χ3n) is 5.02. The SMILES string of the molecule is COc1c(C)cccc1C(=O)Nc1cc(Cl)ccc1N1CCN(C(=O)C(F)(F)F)CC1. The molecule has 1 fully saturated rings. The number of halogens is 4. The Hall–Kier alpha value is -2.94. The highest BCUT2D eigenvalue weighted by Crippen LogP contribution is 2.32. The first-order valence-electron chi connectivity index (χ1n) is 9.47. The van der Waals surface area contributed by atoms with E-state index in [1.165, 1.54) is 7.11 Å². The van der Waals surface area contributed by atoms with Gasteiger partial charge in [0.05, 0.1) is 24.0 Å². The van der Waals surface area contributed by atoms with Crippen LogP contribution in [-0.2, 0) is 4.79 Å². The fraction of sp³-hybridized carbons (Fsp3) is 0.333. The van der Waals surface area contributed by atoms with E-state index in [1.807, 2.05) is 13.0 Å². The summed E-state index contributed by atoms with van der Waals surface area (Å²) in [4.78, 5) is 27.0. The number of nitrogens with zero attached hydrogens (tertiary/aromatic N) is 2. The molecule has 0 aliphatic carbocycles. The van der Waals surface area contributed by atoms with Crippen molar-refractivity contribution in [1.29, 1.82) is 0 Å². The molecule has 0 unspecified atom stereocenters. The van der Waals surface area contributed by atoms with Crippen molar-refractivity contribution < 1.29 is 27.5 Å². The number of benzene rings is 2. The number of methoxy groups -OCH3 is 1. The van der Waals surface area contributed by atoms with Crippen LogP contribution in [0.1, 0.15) is 15.9 Å². The Morgan fingerprint density at radius 1 is 1.10 bits per heavy atom. The van der Waals surface area contributed by atoms with Crippen LogP contribution in [-0.4, -0.2) is 56.2 Å². The molecular weight excluding hydrogens is 435 g/mol. The number of carbonyl (C=O) groups is 2. The minimum absolute atomic E-state index is 0.0833. The number of aryl methyl sites for hydroxylation is 1. The van der Waals surface area contributed by atoms with Crippen LogP contribution in [0.15, 0.2) is 36.4 Å². The third kappa shape index (κ3) is 5.04. The first-order chi connectivity index (χ1) is 14.6. The van der Waals surface area contributed by atoms with E-state index in [2.05, 4.69) is 5.32 Å². The first-order valence-corrected chi connectivity index (χ1v) is 9.85. The predicted molar refractivity (Wildman–Crippen MR) is 112 cm³/mol. The maximum atomic E-state index is 12.9. The van der Waals surface area contributed by atoms with Crippen molar-refractivity contribution >= 4 is 34.8 Å². The number of carbonyl (C=O) groups excluding carboxylic acids is 2. The summed E-state index contributed by atoms with van der Waals surface area (Å²) in [5.41, 5.74) is 2.15. The quantitative estimate of drug-likeness (QED) is 0.753. The van der Waals surface area contributed by atoms with Gasteiger partial charge in [0, 0.05) is 31.2 Å². The summed E-state index contributed by atoms with van der Waals surface area (Å²) in [6, 6.07) is 10.1. The molecule has 0 saturated carbocycles.